The Bertz CT molecular complexity index is 2890. The van der Waals surface area contributed by atoms with Crippen LogP contribution >= 0.6 is 0 Å². The molecule has 5 aromatic carbocycles. The fraction of sp³-hybridized carbons (Fsp3) is 0.100. The highest BCUT2D eigenvalue weighted by molar-refractivity contribution is 6.07. The Hall–Kier alpha value is -7.42. The van der Waals surface area contributed by atoms with Crippen molar-refractivity contribution in [1.29, 1.82) is 0 Å². The summed E-state index contributed by atoms with van der Waals surface area (Å²) in [5.41, 5.74) is 17.7. The lowest BCUT2D eigenvalue weighted by molar-refractivity contribution is 1.04. The van der Waals surface area contributed by atoms with Crippen LogP contribution in [0.2, 0.25) is 0 Å². The SMILES string of the molecule is C=C.C=C/C=C(\C=C/C)c1ccc(-n2c3c(c4cccc(/C(C=C)=C/c5c(C)n(-c6cc(CC)cc(-c7ccccc7)c6)c6ccccc56)c42)C=CCC=C3)cc1.C=C/C=C\C. The van der Waals surface area contributed by atoms with Gasteiger partial charge in [-0.25, -0.2) is 0 Å². The Morgan fingerprint density at radius 1 is 0.677 bits per heavy atom. The molecule has 1 aliphatic carbocycles. The van der Waals surface area contributed by atoms with E-state index in [-0.39, 0.29) is 0 Å². The van der Waals surface area contributed by atoms with Crippen LogP contribution < -0.4 is 0 Å². The highest BCUT2D eigenvalue weighted by Crippen LogP contribution is 2.40. The average Bonchev–Trinajstić information content (AvgIpc) is 3.65. The van der Waals surface area contributed by atoms with Gasteiger partial charge in [0, 0.05) is 44.5 Å². The van der Waals surface area contributed by atoms with E-state index in [9.17, 15) is 0 Å². The third-order valence-electron chi connectivity index (χ3n) is 11.1. The summed E-state index contributed by atoms with van der Waals surface area (Å²) in [6.45, 7) is 26.3. The standard InChI is InChI=1S/C53H46N2.C5H8.C2H4/c1-6-19-40(20-7-2)42-29-31-44(32-30-42)55-52-27-15-11-14-23-47(52)49-26-18-25-46(53(49)55)39(9-4)36-50-37(5)54(51-28-17-16-24-48(50)51)45-34-38(8-3)33-43(35-45)41-21-12-10-13-22-41;1-3-5-4-2;1-2/h6-7,9-10,12-36H,1,4,8,11H2,2-3,5H3;3-5H,1H2,2H3;1-2H2/b20-7-,39-36+,40-19+;5-4-;. The number of nitrogens with zero attached hydrogens (tertiary/aromatic N) is 2. The van der Waals surface area contributed by atoms with Crippen LogP contribution in [-0.2, 0) is 6.42 Å². The first-order chi connectivity index (χ1) is 30.5. The zero-order valence-electron chi connectivity index (χ0n) is 36.8. The summed E-state index contributed by atoms with van der Waals surface area (Å²) in [5, 5.41) is 2.43. The largest absolute Gasteiger partial charge is 0.313 e. The lowest BCUT2D eigenvalue weighted by atomic mass is 9.98. The Morgan fingerprint density at radius 3 is 2.08 bits per heavy atom. The quantitative estimate of drug-likeness (QED) is 0.0910. The van der Waals surface area contributed by atoms with Crippen molar-refractivity contribution in [2.24, 2.45) is 0 Å². The van der Waals surface area contributed by atoms with Crippen molar-refractivity contribution in [1.82, 2.24) is 9.13 Å². The maximum atomic E-state index is 4.42. The van der Waals surface area contributed by atoms with E-state index in [1.54, 1.807) is 6.08 Å². The summed E-state index contributed by atoms with van der Waals surface area (Å²) in [4.78, 5) is 0. The topological polar surface area (TPSA) is 9.86 Å². The van der Waals surface area contributed by atoms with Crippen molar-refractivity contribution in [2.75, 3.05) is 0 Å². The molecule has 8 rings (SSSR count). The van der Waals surface area contributed by atoms with Crippen molar-refractivity contribution in [3.63, 3.8) is 0 Å². The van der Waals surface area contributed by atoms with Crippen molar-refractivity contribution in [3.05, 3.63) is 248 Å². The second-order valence-electron chi connectivity index (χ2n) is 14.8. The molecule has 2 nitrogen and oxygen atoms in total. The second-order valence-corrected chi connectivity index (χ2v) is 14.8. The van der Waals surface area contributed by atoms with E-state index in [1.807, 2.05) is 38.2 Å². The smallest absolute Gasteiger partial charge is 0.0619 e. The first kappa shape index (κ1) is 44.1. The molecule has 0 bridgehead atoms. The van der Waals surface area contributed by atoms with Gasteiger partial charge in [0.15, 0.2) is 0 Å². The van der Waals surface area contributed by atoms with E-state index >= 15 is 0 Å². The van der Waals surface area contributed by atoms with Gasteiger partial charge >= 0.3 is 0 Å². The van der Waals surface area contributed by atoms with Gasteiger partial charge in [-0.15, -0.1) is 13.2 Å². The van der Waals surface area contributed by atoms with Crippen molar-refractivity contribution >= 4 is 51.2 Å². The first-order valence-electron chi connectivity index (χ1n) is 21.4. The molecule has 62 heavy (non-hydrogen) atoms. The number of para-hydroxylation sites is 2. The van der Waals surface area contributed by atoms with Crippen LogP contribution in [-0.4, -0.2) is 9.13 Å². The summed E-state index contributed by atoms with van der Waals surface area (Å²) in [7, 11) is 0. The van der Waals surface area contributed by atoms with Gasteiger partial charge < -0.3 is 9.13 Å². The van der Waals surface area contributed by atoms with Gasteiger partial charge in [-0.05, 0) is 109 Å². The molecule has 0 saturated heterocycles. The molecule has 1 aliphatic rings. The lowest BCUT2D eigenvalue weighted by Gasteiger charge is -2.15. The monoisotopic (exact) mass is 806 g/mol. The lowest BCUT2D eigenvalue weighted by Crippen LogP contribution is -2.00. The Labute approximate surface area is 369 Å². The third-order valence-corrected chi connectivity index (χ3v) is 11.1. The fourth-order valence-electron chi connectivity index (χ4n) is 8.27. The first-order valence-corrected chi connectivity index (χ1v) is 21.4. The van der Waals surface area contributed by atoms with Crippen molar-refractivity contribution in [2.45, 2.75) is 40.5 Å². The van der Waals surface area contributed by atoms with E-state index < -0.39 is 0 Å². The van der Waals surface area contributed by atoms with Gasteiger partial charge in [-0.1, -0.05) is 178 Å². The molecule has 0 saturated carbocycles. The molecular formula is C60H58N2. The van der Waals surface area contributed by atoms with E-state index in [1.165, 1.54) is 66.7 Å². The zero-order valence-corrected chi connectivity index (χ0v) is 36.8. The summed E-state index contributed by atoms with van der Waals surface area (Å²) >= 11 is 0. The molecule has 0 unspecified atom stereocenters. The van der Waals surface area contributed by atoms with Gasteiger partial charge in [0.25, 0.3) is 0 Å². The molecule has 308 valence electrons. The number of rotatable bonds is 11. The van der Waals surface area contributed by atoms with Crippen molar-refractivity contribution < 1.29 is 0 Å². The highest BCUT2D eigenvalue weighted by atomic mass is 15.0. The molecule has 0 atom stereocenters. The number of allylic oxidation sites excluding steroid dienone is 12. The summed E-state index contributed by atoms with van der Waals surface area (Å²) in [5.74, 6) is 0. The van der Waals surface area contributed by atoms with Crippen LogP contribution in [0.15, 0.2) is 209 Å². The number of hydrogen-bond donors (Lipinski definition) is 0. The predicted octanol–water partition coefficient (Wildman–Crippen LogP) is 17.0. The van der Waals surface area contributed by atoms with E-state index in [2.05, 4.69) is 220 Å². The Morgan fingerprint density at radius 2 is 1.40 bits per heavy atom. The Balaban J connectivity index is 0.000000856. The number of hydrogen-bond acceptors (Lipinski definition) is 0. The molecule has 7 aromatic rings. The summed E-state index contributed by atoms with van der Waals surface area (Å²) < 4.78 is 4.86. The maximum Gasteiger partial charge on any atom is 0.0619 e. The average molecular weight is 807 g/mol. The molecule has 0 aliphatic heterocycles. The molecule has 2 heterocycles. The number of fused-ring (bicyclic) bond motifs is 4. The van der Waals surface area contributed by atoms with E-state index in [4.69, 9.17) is 0 Å². The predicted molar refractivity (Wildman–Crippen MR) is 276 cm³/mol. The van der Waals surface area contributed by atoms with Gasteiger partial charge in [0.05, 0.1) is 16.7 Å². The van der Waals surface area contributed by atoms with Crippen LogP contribution in [0.4, 0.5) is 0 Å². The van der Waals surface area contributed by atoms with E-state index in [0.717, 1.165) is 40.8 Å². The second kappa shape index (κ2) is 21.2. The normalized spacial score (nSPS) is 12.5. The Kier molecular flexibility index (Phi) is 15.1. The minimum Gasteiger partial charge on any atom is -0.313 e. The van der Waals surface area contributed by atoms with Gasteiger partial charge in [-0.3, -0.25) is 0 Å². The van der Waals surface area contributed by atoms with Crippen LogP contribution in [0, 0.1) is 6.92 Å². The molecule has 2 heteroatoms. The van der Waals surface area contributed by atoms with Gasteiger partial charge in [0.2, 0.25) is 0 Å². The molecule has 0 fully saturated rings. The number of benzene rings is 5. The molecule has 0 radical (unpaired) electrons. The number of aryl methyl sites for hydroxylation is 1. The maximum absolute atomic E-state index is 4.42. The van der Waals surface area contributed by atoms with Gasteiger partial charge in [0.1, 0.15) is 0 Å². The number of aromatic nitrogens is 2. The van der Waals surface area contributed by atoms with Crippen LogP contribution in [0.25, 0.3) is 73.7 Å². The fourth-order valence-corrected chi connectivity index (χ4v) is 8.27. The van der Waals surface area contributed by atoms with Gasteiger partial charge in [-0.2, -0.15) is 0 Å². The summed E-state index contributed by atoms with van der Waals surface area (Å²) in [6, 6.07) is 42.0. The minimum atomic E-state index is 0.906. The highest BCUT2D eigenvalue weighted by Gasteiger charge is 2.21. The molecule has 2 aromatic heterocycles. The van der Waals surface area contributed by atoms with Crippen LogP contribution in [0.3, 0.4) is 0 Å². The van der Waals surface area contributed by atoms with Crippen LogP contribution in [0.1, 0.15) is 66.4 Å². The zero-order chi connectivity index (χ0) is 44.0. The van der Waals surface area contributed by atoms with Crippen molar-refractivity contribution in [3.8, 4) is 22.5 Å². The third kappa shape index (κ3) is 9.16. The molecular weight excluding hydrogens is 749 g/mol. The van der Waals surface area contributed by atoms with Crippen LogP contribution in [0.5, 0.6) is 0 Å². The van der Waals surface area contributed by atoms with E-state index in [0.29, 0.717) is 0 Å². The minimum absolute atomic E-state index is 0.906. The summed E-state index contributed by atoms with van der Waals surface area (Å²) in [6.07, 6.45) is 29.0. The molecule has 0 spiro atoms. The molecule has 0 amide bonds. The molecule has 0 N–H and O–H groups in total.